The molecule has 6 heteroatoms. The smallest absolute Gasteiger partial charge is 0.337 e. The number of nitrogens with two attached hydrogens (primary N) is 1. The fourth-order valence-corrected chi connectivity index (χ4v) is 1.66. The van der Waals surface area contributed by atoms with Crippen molar-refractivity contribution in [1.82, 2.24) is 0 Å². The molecule has 0 aliphatic heterocycles. The van der Waals surface area contributed by atoms with E-state index in [9.17, 15) is 14.7 Å². The molecule has 0 radical (unpaired) electrons. The standard InChI is InChI=1S/C13H18N2O4/c1-7(2)5-10(14)12(17)15-11-4-3-8(16)6-9(11)13(18)19/h3-4,6-7,10,16H,5,14H2,1-2H3,(H,15,17)(H,18,19). The Hall–Kier alpha value is -2.08. The first kappa shape index (κ1) is 15.0. The largest absolute Gasteiger partial charge is 0.508 e. The highest BCUT2D eigenvalue weighted by Crippen LogP contribution is 2.21. The summed E-state index contributed by atoms with van der Waals surface area (Å²) in [6.07, 6.45) is 0.506. The topological polar surface area (TPSA) is 113 Å². The third-order valence-corrected chi connectivity index (χ3v) is 2.55. The Morgan fingerprint density at radius 1 is 1.37 bits per heavy atom. The Balaban J connectivity index is 2.87. The molecule has 104 valence electrons. The molecule has 1 aromatic rings. The molecule has 1 amide bonds. The van der Waals surface area contributed by atoms with E-state index in [0.29, 0.717) is 6.42 Å². The van der Waals surface area contributed by atoms with Gasteiger partial charge in [0.2, 0.25) is 5.91 Å². The van der Waals surface area contributed by atoms with Gasteiger partial charge in [-0.15, -0.1) is 0 Å². The van der Waals surface area contributed by atoms with Gasteiger partial charge < -0.3 is 21.3 Å². The lowest BCUT2D eigenvalue weighted by Crippen LogP contribution is -2.37. The number of carbonyl (C=O) groups is 2. The molecule has 0 aromatic heterocycles. The number of rotatable bonds is 5. The summed E-state index contributed by atoms with van der Waals surface area (Å²) in [5.41, 5.74) is 5.66. The Kier molecular flexibility index (Phi) is 4.88. The van der Waals surface area contributed by atoms with Gasteiger partial charge in [-0.05, 0) is 30.5 Å². The number of amides is 1. The molecule has 0 fully saturated rings. The zero-order valence-electron chi connectivity index (χ0n) is 10.9. The second-order valence-electron chi connectivity index (χ2n) is 4.76. The van der Waals surface area contributed by atoms with E-state index in [1.165, 1.54) is 12.1 Å². The van der Waals surface area contributed by atoms with Crippen molar-refractivity contribution in [2.45, 2.75) is 26.3 Å². The lowest BCUT2D eigenvalue weighted by Gasteiger charge is -2.15. The molecule has 0 spiro atoms. The summed E-state index contributed by atoms with van der Waals surface area (Å²) in [5.74, 6) is -1.59. The number of hydrogen-bond acceptors (Lipinski definition) is 4. The van der Waals surface area contributed by atoms with E-state index in [0.717, 1.165) is 6.07 Å². The molecule has 0 aliphatic rings. The molecule has 1 atom stereocenters. The van der Waals surface area contributed by atoms with Crippen LogP contribution in [-0.4, -0.2) is 28.1 Å². The first-order valence-corrected chi connectivity index (χ1v) is 5.94. The van der Waals surface area contributed by atoms with Gasteiger partial charge in [-0.1, -0.05) is 13.8 Å². The average molecular weight is 266 g/mol. The van der Waals surface area contributed by atoms with Crippen molar-refractivity contribution in [3.63, 3.8) is 0 Å². The van der Waals surface area contributed by atoms with Gasteiger partial charge in [-0.3, -0.25) is 4.79 Å². The van der Waals surface area contributed by atoms with E-state index in [1.54, 1.807) is 0 Å². The van der Waals surface area contributed by atoms with Crippen molar-refractivity contribution in [3.8, 4) is 5.75 Å². The molecule has 0 saturated heterocycles. The number of nitrogens with one attached hydrogen (secondary N) is 1. The maximum absolute atomic E-state index is 11.8. The molecule has 0 aliphatic carbocycles. The second kappa shape index (κ2) is 6.19. The summed E-state index contributed by atoms with van der Waals surface area (Å²) in [4.78, 5) is 22.8. The number of phenolic OH excluding ortho intramolecular Hbond substituents is 1. The summed E-state index contributed by atoms with van der Waals surface area (Å²) in [6, 6.07) is 3.01. The lowest BCUT2D eigenvalue weighted by molar-refractivity contribution is -0.117. The van der Waals surface area contributed by atoms with E-state index >= 15 is 0 Å². The Bertz CT molecular complexity index is 486. The normalized spacial score (nSPS) is 12.2. The van der Waals surface area contributed by atoms with Crippen molar-refractivity contribution < 1.29 is 19.8 Å². The van der Waals surface area contributed by atoms with Crippen LogP contribution < -0.4 is 11.1 Å². The minimum absolute atomic E-state index is 0.120. The maximum Gasteiger partial charge on any atom is 0.337 e. The van der Waals surface area contributed by atoms with Crippen molar-refractivity contribution >= 4 is 17.6 Å². The molecule has 0 saturated carbocycles. The number of anilines is 1. The molecule has 5 N–H and O–H groups in total. The number of hydrogen-bond donors (Lipinski definition) is 4. The van der Waals surface area contributed by atoms with Crippen LogP contribution in [0.2, 0.25) is 0 Å². The van der Waals surface area contributed by atoms with Gasteiger partial charge in [-0.25, -0.2) is 4.79 Å². The number of phenols is 1. The first-order chi connectivity index (χ1) is 8.81. The van der Waals surface area contributed by atoms with Crippen molar-refractivity contribution in [1.29, 1.82) is 0 Å². The summed E-state index contributed by atoms with van der Waals surface area (Å²) in [7, 11) is 0. The van der Waals surface area contributed by atoms with Crippen molar-refractivity contribution in [2.24, 2.45) is 11.7 Å². The van der Waals surface area contributed by atoms with Crippen LogP contribution in [0.25, 0.3) is 0 Å². The molecular weight excluding hydrogens is 248 g/mol. The number of aromatic hydroxyl groups is 1. The minimum atomic E-state index is -1.23. The predicted octanol–water partition coefficient (Wildman–Crippen LogP) is 1.40. The number of benzene rings is 1. The zero-order valence-corrected chi connectivity index (χ0v) is 10.9. The van der Waals surface area contributed by atoms with Crippen LogP contribution in [0.15, 0.2) is 18.2 Å². The van der Waals surface area contributed by atoms with Gasteiger partial charge >= 0.3 is 5.97 Å². The molecule has 1 aromatic carbocycles. The number of carboxylic acids is 1. The highest BCUT2D eigenvalue weighted by atomic mass is 16.4. The average Bonchev–Trinajstić information content (AvgIpc) is 2.30. The SMILES string of the molecule is CC(C)CC(N)C(=O)Nc1ccc(O)cc1C(=O)O. The fraction of sp³-hybridized carbons (Fsp3) is 0.385. The second-order valence-corrected chi connectivity index (χ2v) is 4.76. The van der Waals surface area contributed by atoms with Crippen molar-refractivity contribution in [2.75, 3.05) is 5.32 Å². The molecule has 0 heterocycles. The molecular formula is C13H18N2O4. The summed E-state index contributed by atoms with van der Waals surface area (Å²) < 4.78 is 0. The van der Waals surface area contributed by atoms with E-state index in [1.807, 2.05) is 13.8 Å². The highest BCUT2D eigenvalue weighted by molar-refractivity contribution is 6.02. The highest BCUT2D eigenvalue weighted by Gasteiger charge is 2.18. The quantitative estimate of drug-likeness (QED) is 0.602. The Morgan fingerprint density at radius 2 is 2.00 bits per heavy atom. The maximum atomic E-state index is 11.8. The lowest BCUT2D eigenvalue weighted by atomic mass is 10.0. The summed E-state index contributed by atoms with van der Waals surface area (Å²) in [5, 5.41) is 20.7. The molecule has 6 nitrogen and oxygen atoms in total. The molecule has 0 bridgehead atoms. The minimum Gasteiger partial charge on any atom is -0.508 e. The van der Waals surface area contributed by atoms with E-state index in [-0.39, 0.29) is 22.9 Å². The Labute approximate surface area is 111 Å². The van der Waals surface area contributed by atoms with Crippen LogP contribution in [0.4, 0.5) is 5.69 Å². The van der Waals surface area contributed by atoms with Gasteiger partial charge in [0.05, 0.1) is 17.3 Å². The van der Waals surface area contributed by atoms with E-state index in [2.05, 4.69) is 5.32 Å². The van der Waals surface area contributed by atoms with Gasteiger partial charge in [0.15, 0.2) is 0 Å². The van der Waals surface area contributed by atoms with Gasteiger partial charge in [0.25, 0.3) is 0 Å². The molecule has 1 rings (SSSR count). The van der Waals surface area contributed by atoms with Crippen LogP contribution in [0.3, 0.4) is 0 Å². The first-order valence-electron chi connectivity index (χ1n) is 5.94. The number of carboxylic acid groups (broad SMARTS) is 1. The monoisotopic (exact) mass is 266 g/mol. The van der Waals surface area contributed by atoms with Crippen LogP contribution in [-0.2, 0) is 4.79 Å². The van der Waals surface area contributed by atoms with Gasteiger partial charge in [-0.2, -0.15) is 0 Å². The number of aromatic carboxylic acids is 1. The van der Waals surface area contributed by atoms with Crippen LogP contribution in [0.1, 0.15) is 30.6 Å². The van der Waals surface area contributed by atoms with Crippen molar-refractivity contribution in [3.05, 3.63) is 23.8 Å². The zero-order chi connectivity index (χ0) is 14.6. The van der Waals surface area contributed by atoms with Crippen LogP contribution in [0.5, 0.6) is 5.75 Å². The summed E-state index contributed by atoms with van der Waals surface area (Å²) >= 11 is 0. The Morgan fingerprint density at radius 3 is 2.53 bits per heavy atom. The van der Waals surface area contributed by atoms with Crippen LogP contribution in [0, 0.1) is 5.92 Å². The third kappa shape index (κ3) is 4.26. The molecule has 1 unspecified atom stereocenters. The van der Waals surface area contributed by atoms with Gasteiger partial charge in [0.1, 0.15) is 5.75 Å². The number of carbonyl (C=O) groups excluding carboxylic acids is 1. The van der Waals surface area contributed by atoms with E-state index < -0.39 is 17.9 Å². The predicted molar refractivity (Wildman–Crippen MR) is 71.1 cm³/mol. The fourth-order valence-electron chi connectivity index (χ4n) is 1.66. The third-order valence-electron chi connectivity index (χ3n) is 2.55. The summed E-state index contributed by atoms with van der Waals surface area (Å²) in [6.45, 7) is 3.88. The molecule has 19 heavy (non-hydrogen) atoms. The van der Waals surface area contributed by atoms with E-state index in [4.69, 9.17) is 10.8 Å². The van der Waals surface area contributed by atoms with Gasteiger partial charge in [0, 0.05) is 0 Å². The van der Waals surface area contributed by atoms with Crippen LogP contribution >= 0.6 is 0 Å².